The first kappa shape index (κ1) is 17.4. The summed E-state index contributed by atoms with van der Waals surface area (Å²) in [7, 11) is 0. The smallest absolute Gasteiger partial charge is 0.323 e. The Morgan fingerprint density at radius 1 is 1.35 bits per heavy atom. The molecular weight excluding hydrogens is 252 g/mol. The number of rotatable bonds is 9. The lowest BCUT2D eigenvalue weighted by Gasteiger charge is -2.42. The Bertz CT molecular complexity index is 296. The van der Waals surface area contributed by atoms with Gasteiger partial charge in [0.25, 0.3) is 0 Å². The Hall–Kier alpha value is -0.610. The number of aliphatic carboxylic acids is 1. The molecule has 0 heterocycles. The molecule has 1 aliphatic rings. The lowest BCUT2D eigenvalue weighted by atomic mass is 9.78. The number of unbranched alkanes of at least 4 members (excludes halogenated alkanes) is 1. The van der Waals surface area contributed by atoms with Crippen LogP contribution in [0.1, 0.15) is 65.7 Å². The fraction of sp³-hybridized carbons (Fsp3) is 0.938. The molecule has 2 N–H and O–H groups in total. The third kappa shape index (κ3) is 4.45. The van der Waals surface area contributed by atoms with Crippen LogP contribution in [-0.4, -0.2) is 47.2 Å². The summed E-state index contributed by atoms with van der Waals surface area (Å²) in [5, 5.41) is 13.0. The number of hydrogen-bond acceptors (Lipinski definition) is 3. The van der Waals surface area contributed by atoms with Gasteiger partial charge in [0.2, 0.25) is 0 Å². The van der Waals surface area contributed by atoms with E-state index in [0.29, 0.717) is 6.04 Å². The molecule has 0 saturated heterocycles. The van der Waals surface area contributed by atoms with Gasteiger partial charge in [-0.25, -0.2) is 0 Å². The van der Waals surface area contributed by atoms with Crippen molar-refractivity contribution in [2.45, 2.75) is 77.3 Å². The average molecular weight is 284 g/mol. The molecule has 0 spiro atoms. The zero-order valence-corrected chi connectivity index (χ0v) is 13.5. The Balaban J connectivity index is 2.72. The SMILES string of the molecule is CCCCN(CC)C1CCCC(NCCC)(C(=O)O)C1. The first-order chi connectivity index (χ1) is 9.59. The summed E-state index contributed by atoms with van der Waals surface area (Å²) in [5.41, 5.74) is -0.696. The van der Waals surface area contributed by atoms with Crippen molar-refractivity contribution in [1.82, 2.24) is 10.2 Å². The number of nitrogens with one attached hydrogen (secondary N) is 1. The molecule has 0 radical (unpaired) electrons. The van der Waals surface area contributed by atoms with Gasteiger partial charge in [-0.3, -0.25) is 4.79 Å². The highest BCUT2D eigenvalue weighted by Gasteiger charge is 2.43. The van der Waals surface area contributed by atoms with E-state index in [-0.39, 0.29) is 0 Å². The van der Waals surface area contributed by atoms with Gasteiger partial charge >= 0.3 is 5.97 Å². The summed E-state index contributed by atoms with van der Waals surface area (Å²) in [6.07, 6.45) is 7.04. The molecule has 0 aromatic rings. The number of carboxylic acids is 1. The van der Waals surface area contributed by atoms with Gasteiger partial charge in [0, 0.05) is 6.04 Å². The molecule has 4 nitrogen and oxygen atoms in total. The van der Waals surface area contributed by atoms with Gasteiger partial charge < -0.3 is 15.3 Å². The molecule has 118 valence electrons. The molecule has 2 atom stereocenters. The molecule has 0 aliphatic heterocycles. The lowest BCUT2D eigenvalue weighted by Crippen LogP contribution is -2.58. The van der Waals surface area contributed by atoms with Crippen molar-refractivity contribution in [1.29, 1.82) is 0 Å². The molecule has 20 heavy (non-hydrogen) atoms. The van der Waals surface area contributed by atoms with Crippen molar-refractivity contribution in [2.75, 3.05) is 19.6 Å². The van der Waals surface area contributed by atoms with Gasteiger partial charge in [0.15, 0.2) is 0 Å². The fourth-order valence-corrected chi connectivity index (χ4v) is 3.31. The van der Waals surface area contributed by atoms with Crippen molar-refractivity contribution >= 4 is 5.97 Å². The third-order valence-electron chi connectivity index (χ3n) is 4.57. The van der Waals surface area contributed by atoms with E-state index in [1.165, 1.54) is 12.8 Å². The molecule has 0 amide bonds. The molecule has 2 unspecified atom stereocenters. The van der Waals surface area contributed by atoms with Crippen molar-refractivity contribution in [2.24, 2.45) is 0 Å². The van der Waals surface area contributed by atoms with Crippen LogP contribution in [0.4, 0.5) is 0 Å². The van der Waals surface area contributed by atoms with Gasteiger partial charge in [-0.15, -0.1) is 0 Å². The number of hydrogen-bond donors (Lipinski definition) is 2. The molecule has 1 fully saturated rings. The van der Waals surface area contributed by atoms with Crippen LogP contribution in [0.3, 0.4) is 0 Å². The summed E-state index contributed by atoms with van der Waals surface area (Å²) < 4.78 is 0. The zero-order valence-electron chi connectivity index (χ0n) is 13.5. The second kappa shape index (κ2) is 8.63. The second-order valence-corrected chi connectivity index (χ2v) is 6.05. The highest BCUT2D eigenvalue weighted by Crippen LogP contribution is 2.32. The molecular formula is C16H32N2O2. The van der Waals surface area contributed by atoms with Crippen LogP contribution in [0.5, 0.6) is 0 Å². The fourth-order valence-electron chi connectivity index (χ4n) is 3.31. The Morgan fingerprint density at radius 3 is 2.65 bits per heavy atom. The van der Waals surface area contributed by atoms with Crippen molar-refractivity contribution in [3.8, 4) is 0 Å². The van der Waals surface area contributed by atoms with E-state index in [0.717, 1.165) is 51.7 Å². The van der Waals surface area contributed by atoms with Crippen molar-refractivity contribution < 1.29 is 9.90 Å². The highest BCUT2D eigenvalue weighted by atomic mass is 16.4. The standard InChI is InChI=1S/C16H32N2O2/c1-4-7-12-18(6-3)14-9-8-10-16(13-14,15(19)20)17-11-5-2/h14,17H,4-13H2,1-3H3,(H,19,20). The van der Waals surface area contributed by atoms with Gasteiger partial charge in [0.1, 0.15) is 5.54 Å². The van der Waals surface area contributed by atoms with Crippen LogP contribution in [-0.2, 0) is 4.79 Å². The topological polar surface area (TPSA) is 52.6 Å². The summed E-state index contributed by atoms with van der Waals surface area (Å²) in [6.45, 7) is 9.39. The quantitative estimate of drug-likeness (QED) is 0.683. The van der Waals surface area contributed by atoms with Gasteiger partial charge in [-0.2, -0.15) is 0 Å². The van der Waals surface area contributed by atoms with Gasteiger partial charge in [-0.1, -0.05) is 27.2 Å². The molecule has 4 heteroatoms. The van der Waals surface area contributed by atoms with E-state index in [1.54, 1.807) is 0 Å². The number of carbonyl (C=O) groups is 1. The average Bonchev–Trinajstić information content (AvgIpc) is 2.46. The molecule has 1 rings (SSSR count). The maximum absolute atomic E-state index is 11.8. The minimum absolute atomic E-state index is 0.417. The Labute approximate surface area is 123 Å². The molecule has 0 aromatic carbocycles. The lowest BCUT2D eigenvalue weighted by molar-refractivity contribution is -0.147. The molecule has 1 saturated carbocycles. The molecule has 1 aliphatic carbocycles. The van der Waals surface area contributed by atoms with Crippen LogP contribution >= 0.6 is 0 Å². The normalized spacial score (nSPS) is 26.9. The van der Waals surface area contributed by atoms with Gasteiger partial charge in [-0.05, 0) is 58.2 Å². The minimum atomic E-state index is -0.696. The number of nitrogens with zero attached hydrogens (tertiary/aromatic N) is 1. The van der Waals surface area contributed by atoms with Crippen LogP contribution in [0.15, 0.2) is 0 Å². The maximum atomic E-state index is 11.8. The van der Waals surface area contributed by atoms with E-state index < -0.39 is 11.5 Å². The van der Waals surface area contributed by atoms with Crippen LogP contribution < -0.4 is 5.32 Å². The monoisotopic (exact) mass is 284 g/mol. The second-order valence-electron chi connectivity index (χ2n) is 6.05. The third-order valence-corrected chi connectivity index (χ3v) is 4.57. The van der Waals surface area contributed by atoms with E-state index in [2.05, 4.69) is 31.0 Å². The molecule has 0 aromatic heterocycles. The predicted octanol–water partition coefficient (Wildman–Crippen LogP) is 2.87. The maximum Gasteiger partial charge on any atom is 0.323 e. The highest BCUT2D eigenvalue weighted by molar-refractivity contribution is 5.79. The summed E-state index contributed by atoms with van der Waals surface area (Å²) in [5.74, 6) is -0.665. The minimum Gasteiger partial charge on any atom is -0.480 e. The van der Waals surface area contributed by atoms with E-state index in [9.17, 15) is 9.90 Å². The Morgan fingerprint density at radius 2 is 2.10 bits per heavy atom. The van der Waals surface area contributed by atoms with Crippen LogP contribution in [0, 0.1) is 0 Å². The van der Waals surface area contributed by atoms with Crippen LogP contribution in [0.2, 0.25) is 0 Å². The van der Waals surface area contributed by atoms with Gasteiger partial charge in [0.05, 0.1) is 0 Å². The van der Waals surface area contributed by atoms with Crippen molar-refractivity contribution in [3.63, 3.8) is 0 Å². The summed E-state index contributed by atoms with van der Waals surface area (Å²) in [6, 6.07) is 0.417. The van der Waals surface area contributed by atoms with E-state index in [4.69, 9.17) is 0 Å². The first-order valence-electron chi connectivity index (χ1n) is 8.32. The van der Waals surface area contributed by atoms with Crippen molar-refractivity contribution in [3.05, 3.63) is 0 Å². The summed E-state index contributed by atoms with van der Waals surface area (Å²) >= 11 is 0. The predicted molar refractivity (Wildman–Crippen MR) is 83.1 cm³/mol. The molecule has 0 bridgehead atoms. The first-order valence-corrected chi connectivity index (χ1v) is 8.32. The number of carboxylic acid groups (broad SMARTS) is 1. The zero-order chi connectivity index (χ0) is 15.0. The largest absolute Gasteiger partial charge is 0.480 e. The van der Waals surface area contributed by atoms with E-state index in [1.807, 2.05) is 0 Å². The summed E-state index contributed by atoms with van der Waals surface area (Å²) in [4.78, 5) is 14.3. The van der Waals surface area contributed by atoms with Crippen LogP contribution in [0.25, 0.3) is 0 Å². The Kier molecular flexibility index (Phi) is 7.52. The van der Waals surface area contributed by atoms with E-state index >= 15 is 0 Å².